The minimum absolute atomic E-state index is 0.0807. The van der Waals surface area contributed by atoms with E-state index in [9.17, 15) is 4.79 Å². The molecule has 0 saturated heterocycles. The Morgan fingerprint density at radius 1 is 1.47 bits per heavy atom. The Labute approximate surface area is 89.2 Å². The molecule has 0 aliphatic heterocycles. The topological polar surface area (TPSA) is 78.7 Å². The number of rotatable bonds is 1. The summed E-state index contributed by atoms with van der Waals surface area (Å²) >= 11 is -0.533. The number of aromatic nitrogens is 4. The van der Waals surface area contributed by atoms with Gasteiger partial charge >= 0.3 is 0 Å². The van der Waals surface area contributed by atoms with Crippen LogP contribution in [-0.4, -0.2) is 31.0 Å². The summed E-state index contributed by atoms with van der Waals surface area (Å²) in [5, 5.41) is 0. The fourth-order valence-corrected chi connectivity index (χ4v) is 2.10. The summed E-state index contributed by atoms with van der Waals surface area (Å²) in [4.78, 5) is 20.1. The lowest BCUT2D eigenvalue weighted by atomic mass is 10.5. The first-order valence-electron chi connectivity index (χ1n) is 4.39. The van der Waals surface area contributed by atoms with Gasteiger partial charge in [-0.3, -0.25) is 8.77 Å². The molecular formula is C8H13N5OS. The molecule has 0 saturated carbocycles. The Morgan fingerprint density at radius 3 is 2.73 bits per heavy atom. The van der Waals surface area contributed by atoms with Crippen molar-refractivity contribution in [2.45, 2.75) is 0 Å². The molecule has 0 atom stereocenters. The van der Waals surface area contributed by atoms with E-state index in [2.05, 4.69) is 9.97 Å². The van der Waals surface area contributed by atoms with Crippen LogP contribution in [0.3, 0.4) is 0 Å². The average molecular weight is 227 g/mol. The van der Waals surface area contributed by atoms with Crippen molar-refractivity contribution in [1.82, 2.24) is 18.5 Å². The third kappa shape index (κ3) is 1.39. The van der Waals surface area contributed by atoms with Gasteiger partial charge in [-0.2, -0.15) is 16.1 Å². The van der Waals surface area contributed by atoms with Crippen LogP contribution in [0.15, 0.2) is 11.1 Å². The molecule has 2 aromatic rings. The third-order valence-electron chi connectivity index (χ3n) is 2.24. The highest BCUT2D eigenvalue weighted by Crippen LogP contribution is 2.16. The molecule has 0 aliphatic carbocycles. The number of nitrogen functional groups attached to an aromatic ring is 1. The van der Waals surface area contributed by atoms with Crippen molar-refractivity contribution in [3.8, 4) is 0 Å². The lowest BCUT2D eigenvalue weighted by molar-refractivity contribution is 0.948. The minimum Gasteiger partial charge on any atom is -0.369 e. The smallest absolute Gasteiger partial charge is 0.288 e. The molecule has 2 N–H and O–H groups in total. The van der Waals surface area contributed by atoms with Crippen molar-refractivity contribution in [1.29, 1.82) is 0 Å². The van der Waals surface area contributed by atoms with Gasteiger partial charge in [0.05, 0.1) is 0 Å². The fourth-order valence-electron chi connectivity index (χ4n) is 1.39. The monoisotopic (exact) mass is 227 g/mol. The van der Waals surface area contributed by atoms with E-state index in [4.69, 9.17) is 5.73 Å². The quantitative estimate of drug-likeness (QED) is 0.658. The van der Waals surface area contributed by atoms with Gasteiger partial charge in [0.2, 0.25) is 5.95 Å². The number of hydrogen-bond acceptors (Lipinski definition) is 4. The standard InChI is InChI=1S/C8H13N5OS/c1-12-5-6(11-8(12)9)10-4-13(7(5)14)15(2)3/h4,15H,1-3H3,(H2,9,11). The third-order valence-corrected chi connectivity index (χ3v) is 3.39. The van der Waals surface area contributed by atoms with Crippen LogP contribution in [0.2, 0.25) is 0 Å². The van der Waals surface area contributed by atoms with Crippen LogP contribution in [0.5, 0.6) is 0 Å². The molecule has 0 spiro atoms. The number of nitrogens with zero attached hydrogens (tertiary/aromatic N) is 4. The van der Waals surface area contributed by atoms with E-state index in [1.54, 1.807) is 15.6 Å². The molecule has 0 aliphatic rings. The van der Waals surface area contributed by atoms with Gasteiger partial charge in [-0.1, -0.05) is 0 Å². The van der Waals surface area contributed by atoms with E-state index in [-0.39, 0.29) is 5.56 Å². The van der Waals surface area contributed by atoms with Crippen LogP contribution in [-0.2, 0) is 7.05 Å². The van der Waals surface area contributed by atoms with Gasteiger partial charge in [0.15, 0.2) is 11.2 Å². The molecule has 15 heavy (non-hydrogen) atoms. The van der Waals surface area contributed by atoms with Gasteiger partial charge in [0.1, 0.15) is 6.33 Å². The second-order valence-electron chi connectivity index (χ2n) is 3.44. The van der Waals surface area contributed by atoms with Crippen LogP contribution in [0.4, 0.5) is 5.95 Å². The van der Waals surface area contributed by atoms with E-state index in [0.717, 1.165) is 0 Å². The molecule has 2 aromatic heterocycles. The highest BCUT2D eigenvalue weighted by molar-refractivity contribution is 8.14. The maximum Gasteiger partial charge on any atom is 0.288 e. The number of anilines is 1. The highest BCUT2D eigenvalue weighted by atomic mass is 32.2. The zero-order valence-electron chi connectivity index (χ0n) is 8.80. The Balaban J connectivity index is 2.89. The summed E-state index contributed by atoms with van der Waals surface area (Å²) in [5.41, 5.74) is 6.41. The number of imidazole rings is 1. The van der Waals surface area contributed by atoms with E-state index in [1.165, 1.54) is 6.33 Å². The number of hydrogen-bond donors (Lipinski definition) is 2. The van der Waals surface area contributed by atoms with Crippen LogP contribution in [0.25, 0.3) is 11.2 Å². The normalized spacial score (nSPS) is 12.1. The maximum atomic E-state index is 12.0. The number of fused-ring (bicyclic) bond motifs is 1. The fraction of sp³-hybridized carbons (Fsp3) is 0.375. The Bertz CT molecular complexity index is 570. The lowest BCUT2D eigenvalue weighted by Crippen LogP contribution is -2.20. The molecule has 0 bridgehead atoms. The molecule has 7 heteroatoms. The number of thiol groups is 1. The summed E-state index contributed by atoms with van der Waals surface area (Å²) in [6.07, 6.45) is 5.51. The predicted molar refractivity (Wildman–Crippen MR) is 63.4 cm³/mol. The van der Waals surface area contributed by atoms with Crippen LogP contribution in [0, 0.1) is 0 Å². The lowest BCUT2D eigenvalue weighted by Gasteiger charge is -2.12. The molecule has 0 fully saturated rings. The number of aryl methyl sites for hydroxylation is 1. The number of nitrogens with two attached hydrogens (primary N) is 1. The first kappa shape index (κ1) is 10.0. The van der Waals surface area contributed by atoms with Gasteiger partial charge in [0, 0.05) is 7.05 Å². The molecule has 0 radical (unpaired) electrons. The second kappa shape index (κ2) is 3.27. The van der Waals surface area contributed by atoms with Crippen molar-refractivity contribution in [3.05, 3.63) is 16.7 Å². The summed E-state index contributed by atoms with van der Waals surface area (Å²) in [6.45, 7) is 0. The summed E-state index contributed by atoms with van der Waals surface area (Å²) in [7, 11) is 1.71. The Hall–Kier alpha value is -1.50. The van der Waals surface area contributed by atoms with Crippen LogP contribution < -0.4 is 11.3 Å². The molecule has 0 unspecified atom stereocenters. The molecule has 2 heterocycles. The van der Waals surface area contributed by atoms with E-state index >= 15 is 0 Å². The maximum absolute atomic E-state index is 12.0. The zero-order chi connectivity index (χ0) is 11.2. The molecule has 82 valence electrons. The van der Waals surface area contributed by atoms with Gasteiger partial charge in [-0.15, -0.1) is 0 Å². The van der Waals surface area contributed by atoms with E-state index < -0.39 is 11.1 Å². The van der Waals surface area contributed by atoms with Gasteiger partial charge in [-0.25, -0.2) is 4.98 Å². The van der Waals surface area contributed by atoms with E-state index in [1.807, 2.05) is 12.5 Å². The molecule has 0 amide bonds. The van der Waals surface area contributed by atoms with Crippen molar-refractivity contribution >= 4 is 28.2 Å². The van der Waals surface area contributed by atoms with Crippen LogP contribution in [0.1, 0.15) is 0 Å². The largest absolute Gasteiger partial charge is 0.369 e. The predicted octanol–water partition coefficient (Wildman–Crippen LogP) is -0.264. The molecule has 6 nitrogen and oxygen atoms in total. The van der Waals surface area contributed by atoms with E-state index in [0.29, 0.717) is 17.1 Å². The first-order chi connectivity index (χ1) is 7.02. The highest BCUT2D eigenvalue weighted by Gasteiger charge is 2.12. The SMILES string of the molecule is Cn1c(N)nc2ncn([SH](C)C)c(=O)c21. The van der Waals surface area contributed by atoms with Gasteiger partial charge < -0.3 is 10.3 Å². The summed E-state index contributed by atoms with van der Waals surface area (Å²) in [5.74, 6) is 0.309. The van der Waals surface area contributed by atoms with Gasteiger partial charge in [-0.05, 0) is 12.5 Å². The first-order valence-corrected chi connectivity index (χ1v) is 6.58. The van der Waals surface area contributed by atoms with Crippen molar-refractivity contribution < 1.29 is 0 Å². The summed E-state index contributed by atoms with van der Waals surface area (Å²) in [6, 6.07) is 0. The van der Waals surface area contributed by atoms with Gasteiger partial charge in [0.25, 0.3) is 5.56 Å². The van der Waals surface area contributed by atoms with Crippen LogP contribution >= 0.6 is 11.1 Å². The van der Waals surface area contributed by atoms with Crippen molar-refractivity contribution in [2.24, 2.45) is 7.05 Å². The Morgan fingerprint density at radius 2 is 2.13 bits per heavy atom. The second-order valence-corrected chi connectivity index (χ2v) is 5.57. The molecule has 0 aromatic carbocycles. The summed E-state index contributed by atoms with van der Waals surface area (Å²) < 4.78 is 3.19. The minimum atomic E-state index is -0.533. The Kier molecular flexibility index (Phi) is 2.18. The van der Waals surface area contributed by atoms with Crippen molar-refractivity contribution in [3.63, 3.8) is 0 Å². The van der Waals surface area contributed by atoms with Crippen molar-refractivity contribution in [2.75, 3.05) is 18.2 Å². The average Bonchev–Trinajstić information content (AvgIpc) is 2.43. The molecule has 2 rings (SSSR count). The zero-order valence-corrected chi connectivity index (χ0v) is 9.69. The molecular weight excluding hydrogens is 214 g/mol.